The Morgan fingerprint density at radius 2 is 1.75 bits per heavy atom. The van der Waals surface area contributed by atoms with Gasteiger partial charge in [0.2, 0.25) is 0 Å². The Balaban J connectivity index is 1.26. The first-order valence-corrected chi connectivity index (χ1v) is 11.1. The molecule has 1 amide bonds. The van der Waals surface area contributed by atoms with Crippen LogP contribution in [-0.4, -0.2) is 55.1 Å². The molecule has 1 atom stereocenters. The molecule has 1 unspecified atom stereocenters. The van der Waals surface area contributed by atoms with Crippen molar-refractivity contribution in [2.45, 2.75) is 0 Å². The lowest BCUT2D eigenvalue weighted by atomic mass is 9.71. The number of nitrogens with zero attached hydrogens (tertiary/aromatic N) is 3. The fourth-order valence-corrected chi connectivity index (χ4v) is 4.86. The van der Waals surface area contributed by atoms with Crippen molar-refractivity contribution in [2.75, 3.05) is 49.5 Å². The van der Waals surface area contributed by atoms with Crippen molar-refractivity contribution >= 4 is 17.3 Å². The molecule has 6 heteroatoms. The Labute approximate surface area is 188 Å². The van der Waals surface area contributed by atoms with Crippen LogP contribution in [0.2, 0.25) is 0 Å². The van der Waals surface area contributed by atoms with Gasteiger partial charge in [-0.15, -0.1) is 0 Å². The summed E-state index contributed by atoms with van der Waals surface area (Å²) in [6.07, 6.45) is 3.62. The summed E-state index contributed by atoms with van der Waals surface area (Å²) in [7, 11) is 0. The molecule has 2 aliphatic rings. The second-order valence-electron chi connectivity index (χ2n) is 8.75. The van der Waals surface area contributed by atoms with E-state index in [9.17, 15) is 4.79 Å². The van der Waals surface area contributed by atoms with E-state index in [1.807, 2.05) is 59.6 Å². The minimum atomic E-state index is 0.0512. The van der Waals surface area contributed by atoms with Crippen LogP contribution in [0.25, 0.3) is 0 Å². The maximum absolute atomic E-state index is 13.0. The lowest BCUT2D eigenvalue weighted by Gasteiger charge is -2.52. The molecule has 0 bridgehead atoms. The molecule has 2 fully saturated rings. The van der Waals surface area contributed by atoms with Gasteiger partial charge in [0.15, 0.2) is 6.61 Å². The standard InChI is InChI=1S/C26H28N4O2/c31-25(17-32-24-11-5-2-6-12-24)29-16-21(14-28-22-8-7-13-27-15-22)26(18-29)19-30(20-26)23-9-3-1-4-10-23/h1-13,15,21,28H,14,16-20H2. The van der Waals surface area contributed by atoms with Gasteiger partial charge in [-0.3, -0.25) is 9.78 Å². The van der Waals surface area contributed by atoms with Gasteiger partial charge in [-0.1, -0.05) is 36.4 Å². The third-order valence-corrected chi connectivity index (χ3v) is 6.62. The average Bonchev–Trinajstić information content (AvgIpc) is 3.22. The van der Waals surface area contributed by atoms with E-state index in [0.29, 0.717) is 5.92 Å². The number of anilines is 2. The first-order chi connectivity index (χ1) is 15.7. The zero-order valence-electron chi connectivity index (χ0n) is 18.1. The molecule has 0 saturated carbocycles. The lowest BCUT2D eigenvalue weighted by molar-refractivity contribution is -0.132. The Kier molecular flexibility index (Phi) is 5.67. The number of pyridine rings is 1. The maximum Gasteiger partial charge on any atom is 0.260 e. The Hall–Kier alpha value is -3.54. The molecule has 1 N–H and O–H groups in total. The molecule has 3 aromatic rings. The van der Waals surface area contributed by atoms with E-state index in [-0.39, 0.29) is 17.9 Å². The van der Waals surface area contributed by atoms with Crippen molar-refractivity contribution in [3.05, 3.63) is 85.2 Å². The quantitative estimate of drug-likeness (QED) is 0.624. The SMILES string of the molecule is O=C(COc1ccccc1)N1CC(CNc2cccnc2)C2(C1)CN(c1ccccc1)C2. The molecule has 3 heterocycles. The first kappa shape index (κ1) is 20.4. The molecule has 2 aromatic carbocycles. The summed E-state index contributed by atoms with van der Waals surface area (Å²) in [5.74, 6) is 1.14. The summed E-state index contributed by atoms with van der Waals surface area (Å²) in [5, 5.41) is 3.53. The van der Waals surface area contributed by atoms with E-state index in [4.69, 9.17) is 4.74 Å². The molecular weight excluding hydrogens is 400 g/mol. The Morgan fingerprint density at radius 1 is 1.00 bits per heavy atom. The minimum Gasteiger partial charge on any atom is -0.484 e. The summed E-state index contributed by atoms with van der Waals surface area (Å²) < 4.78 is 5.73. The molecule has 0 radical (unpaired) electrons. The highest BCUT2D eigenvalue weighted by molar-refractivity contribution is 5.78. The number of aromatic nitrogens is 1. The van der Waals surface area contributed by atoms with Crippen molar-refractivity contribution in [3.8, 4) is 5.75 Å². The number of carbonyl (C=O) groups is 1. The molecule has 32 heavy (non-hydrogen) atoms. The van der Waals surface area contributed by atoms with Crippen LogP contribution in [-0.2, 0) is 4.79 Å². The van der Waals surface area contributed by atoms with Crippen molar-refractivity contribution in [3.63, 3.8) is 0 Å². The highest BCUT2D eigenvalue weighted by atomic mass is 16.5. The molecule has 164 valence electrons. The fraction of sp³-hybridized carbons (Fsp3) is 0.308. The Bertz CT molecular complexity index is 1020. The summed E-state index contributed by atoms with van der Waals surface area (Å²) in [6.45, 7) is 4.32. The molecule has 1 spiro atoms. The summed E-state index contributed by atoms with van der Waals surface area (Å²) in [5.41, 5.74) is 2.35. The minimum absolute atomic E-state index is 0.0512. The number of nitrogens with one attached hydrogen (secondary N) is 1. The van der Waals surface area contributed by atoms with Crippen LogP contribution in [0, 0.1) is 11.3 Å². The highest BCUT2D eigenvalue weighted by Crippen LogP contribution is 2.45. The van der Waals surface area contributed by atoms with Gasteiger partial charge in [0.1, 0.15) is 5.75 Å². The number of likely N-dealkylation sites (tertiary alicyclic amines) is 1. The van der Waals surface area contributed by atoms with E-state index in [1.54, 1.807) is 6.20 Å². The van der Waals surface area contributed by atoms with Gasteiger partial charge >= 0.3 is 0 Å². The topological polar surface area (TPSA) is 57.7 Å². The van der Waals surface area contributed by atoms with Gasteiger partial charge in [-0.2, -0.15) is 0 Å². The van der Waals surface area contributed by atoms with E-state index in [1.165, 1.54) is 5.69 Å². The lowest BCUT2D eigenvalue weighted by Crippen LogP contribution is -2.61. The van der Waals surface area contributed by atoms with E-state index in [2.05, 4.69) is 39.5 Å². The first-order valence-electron chi connectivity index (χ1n) is 11.1. The van der Waals surface area contributed by atoms with Crippen molar-refractivity contribution in [2.24, 2.45) is 11.3 Å². The maximum atomic E-state index is 13.0. The molecule has 2 saturated heterocycles. The third-order valence-electron chi connectivity index (χ3n) is 6.62. The van der Waals surface area contributed by atoms with Crippen LogP contribution in [0.15, 0.2) is 85.2 Å². The van der Waals surface area contributed by atoms with Crippen LogP contribution in [0.4, 0.5) is 11.4 Å². The van der Waals surface area contributed by atoms with Crippen molar-refractivity contribution in [1.82, 2.24) is 9.88 Å². The molecule has 2 aliphatic heterocycles. The van der Waals surface area contributed by atoms with Gasteiger partial charge in [0.25, 0.3) is 5.91 Å². The summed E-state index contributed by atoms with van der Waals surface area (Å²) >= 11 is 0. The van der Waals surface area contributed by atoms with Gasteiger partial charge in [0.05, 0.1) is 5.69 Å². The third kappa shape index (κ3) is 4.26. The number of amides is 1. The fourth-order valence-electron chi connectivity index (χ4n) is 4.86. The van der Waals surface area contributed by atoms with E-state index >= 15 is 0 Å². The summed E-state index contributed by atoms with van der Waals surface area (Å²) in [6, 6.07) is 24.0. The van der Waals surface area contributed by atoms with Crippen LogP contribution < -0.4 is 15.0 Å². The number of hydrogen-bond donors (Lipinski definition) is 1. The highest BCUT2D eigenvalue weighted by Gasteiger charge is 2.54. The number of rotatable bonds is 7. The van der Waals surface area contributed by atoms with Crippen molar-refractivity contribution in [1.29, 1.82) is 0 Å². The predicted octanol–water partition coefficient (Wildman–Crippen LogP) is 3.54. The Morgan fingerprint density at radius 3 is 2.47 bits per heavy atom. The second kappa shape index (κ2) is 8.91. The predicted molar refractivity (Wildman–Crippen MR) is 126 cm³/mol. The molecule has 0 aliphatic carbocycles. The number of hydrogen-bond acceptors (Lipinski definition) is 5. The number of carbonyl (C=O) groups excluding carboxylic acids is 1. The van der Waals surface area contributed by atoms with Gasteiger partial charge in [-0.25, -0.2) is 0 Å². The summed E-state index contributed by atoms with van der Waals surface area (Å²) in [4.78, 5) is 21.6. The molecule has 6 nitrogen and oxygen atoms in total. The van der Waals surface area contributed by atoms with Gasteiger partial charge < -0.3 is 19.9 Å². The normalized spacial score (nSPS) is 18.9. The number of para-hydroxylation sites is 2. The smallest absolute Gasteiger partial charge is 0.260 e. The van der Waals surface area contributed by atoms with Crippen LogP contribution in [0.5, 0.6) is 5.75 Å². The average molecular weight is 429 g/mol. The molecular formula is C26H28N4O2. The van der Waals surface area contributed by atoms with Crippen LogP contribution in [0.1, 0.15) is 0 Å². The second-order valence-corrected chi connectivity index (χ2v) is 8.75. The largest absolute Gasteiger partial charge is 0.484 e. The van der Waals surface area contributed by atoms with Crippen LogP contribution >= 0.6 is 0 Å². The van der Waals surface area contributed by atoms with Gasteiger partial charge in [0, 0.05) is 62.1 Å². The zero-order valence-corrected chi connectivity index (χ0v) is 18.1. The zero-order chi connectivity index (χ0) is 21.8. The molecule has 5 rings (SSSR count). The van der Waals surface area contributed by atoms with E-state index in [0.717, 1.165) is 44.2 Å². The van der Waals surface area contributed by atoms with Crippen LogP contribution in [0.3, 0.4) is 0 Å². The van der Waals surface area contributed by atoms with Gasteiger partial charge in [-0.05, 0) is 36.4 Å². The number of benzene rings is 2. The van der Waals surface area contributed by atoms with Crippen molar-refractivity contribution < 1.29 is 9.53 Å². The molecule has 1 aromatic heterocycles. The number of ether oxygens (including phenoxy) is 1. The van der Waals surface area contributed by atoms with E-state index < -0.39 is 0 Å². The monoisotopic (exact) mass is 428 g/mol.